The first-order chi connectivity index (χ1) is 12.4. The standard InChI is InChI=1S/C20H14O6/c1-3-17(21)25-15-9-5-13(6-10-15)19(23)20(24)14-7-11-16(12-8-14)26-18(22)4-2/h3-12H,1-2H2. The lowest BCUT2D eigenvalue weighted by Crippen LogP contribution is -2.14. The molecule has 6 nitrogen and oxygen atoms in total. The Labute approximate surface area is 149 Å². The Morgan fingerprint density at radius 2 is 0.923 bits per heavy atom. The zero-order valence-corrected chi connectivity index (χ0v) is 13.6. The zero-order chi connectivity index (χ0) is 19.1. The van der Waals surface area contributed by atoms with E-state index in [0.717, 1.165) is 12.2 Å². The van der Waals surface area contributed by atoms with E-state index in [0.29, 0.717) is 0 Å². The molecule has 0 radical (unpaired) electrons. The highest BCUT2D eigenvalue weighted by atomic mass is 16.5. The lowest BCUT2D eigenvalue weighted by Gasteiger charge is -2.05. The maximum atomic E-state index is 12.3. The monoisotopic (exact) mass is 350 g/mol. The predicted octanol–water partition coefficient (Wildman–Crippen LogP) is 2.94. The minimum Gasteiger partial charge on any atom is -0.423 e. The predicted molar refractivity (Wildman–Crippen MR) is 93.2 cm³/mol. The van der Waals surface area contributed by atoms with Crippen LogP contribution in [0.3, 0.4) is 0 Å². The quantitative estimate of drug-likeness (QED) is 0.251. The summed E-state index contributed by atoms with van der Waals surface area (Å²) in [5.41, 5.74) is 0.297. The molecule has 0 N–H and O–H groups in total. The van der Waals surface area contributed by atoms with Gasteiger partial charge < -0.3 is 9.47 Å². The summed E-state index contributed by atoms with van der Waals surface area (Å²) in [6, 6.07) is 11.1. The number of ketones is 2. The van der Waals surface area contributed by atoms with Gasteiger partial charge >= 0.3 is 11.9 Å². The summed E-state index contributed by atoms with van der Waals surface area (Å²) in [5.74, 6) is -2.24. The number of Topliss-reactive ketones (excluding diaryl/α,β-unsaturated/α-hetero) is 2. The van der Waals surface area contributed by atoms with Crippen LogP contribution >= 0.6 is 0 Å². The maximum absolute atomic E-state index is 12.3. The Morgan fingerprint density at radius 3 is 1.19 bits per heavy atom. The second-order valence-electron chi connectivity index (χ2n) is 4.96. The van der Waals surface area contributed by atoms with Gasteiger partial charge in [-0.05, 0) is 48.5 Å². The van der Waals surface area contributed by atoms with Crippen LogP contribution in [0, 0.1) is 0 Å². The average Bonchev–Trinajstić information content (AvgIpc) is 2.67. The van der Waals surface area contributed by atoms with Crippen LogP contribution in [0.2, 0.25) is 0 Å². The molecule has 6 heteroatoms. The molecular weight excluding hydrogens is 336 g/mol. The summed E-state index contributed by atoms with van der Waals surface area (Å²) in [7, 11) is 0. The molecule has 0 amide bonds. The minimum atomic E-state index is -0.720. The number of rotatable bonds is 7. The van der Waals surface area contributed by atoms with Crippen LogP contribution in [-0.4, -0.2) is 23.5 Å². The van der Waals surface area contributed by atoms with E-state index in [1.807, 2.05) is 0 Å². The summed E-state index contributed by atoms with van der Waals surface area (Å²) in [6.07, 6.45) is 2.02. The Bertz CT molecular complexity index is 800. The Hall–Kier alpha value is -3.80. The van der Waals surface area contributed by atoms with Crippen molar-refractivity contribution in [3.63, 3.8) is 0 Å². The molecule has 0 saturated heterocycles. The van der Waals surface area contributed by atoms with Crippen LogP contribution < -0.4 is 9.47 Å². The molecule has 0 spiro atoms. The van der Waals surface area contributed by atoms with Gasteiger partial charge in [0.1, 0.15) is 11.5 Å². The molecule has 26 heavy (non-hydrogen) atoms. The van der Waals surface area contributed by atoms with E-state index < -0.39 is 23.5 Å². The minimum absolute atomic E-state index is 0.149. The van der Waals surface area contributed by atoms with E-state index in [2.05, 4.69) is 13.2 Å². The number of benzene rings is 2. The normalized spacial score (nSPS) is 9.69. The molecule has 0 unspecified atom stereocenters. The second kappa shape index (κ2) is 8.34. The van der Waals surface area contributed by atoms with E-state index in [1.54, 1.807) is 0 Å². The number of carbonyl (C=O) groups excluding carboxylic acids is 4. The molecule has 0 aliphatic rings. The SMILES string of the molecule is C=CC(=O)Oc1ccc(C(=O)C(=O)c2ccc(OC(=O)C=C)cc2)cc1. The number of carbonyl (C=O) groups is 4. The van der Waals surface area contributed by atoms with Gasteiger partial charge in [0.05, 0.1) is 0 Å². The Kier molecular flexibility index (Phi) is 5.95. The number of hydrogen-bond donors (Lipinski definition) is 0. The van der Waals surface area contributed by atoms with Crippen molar-refractivity contribution in [3.05, 3.63) is 85.0 Å². The lowest BCUT2D eigenvalue weighted by molar-refractivity contribution is -0.129. The fourth-order valence-corrected chi connectivity index (χ4v) is 1.93. The average molecular weight is 350 g/mol. The lowest BCUT2D eigenvalue weighted by atomic mass is 10.0. The molecule has 0 fully saturated rings. The van der Waals surface area contributed by atoms with E-state index in [-0.39, 0.29) is 22.6 Å². The van der Waals surface area contributed by atoms with E-state index in [1.165, 1.54) is 48.5 Å². The molecular formula is C20H14O6. The molecule has 0 aliphatic carbocycles. The topological polar surface area (TPSA) is 86.7 Å². The van der Waals surface area contributed by atoms with Gasteiger partial charge in [-0.25, -0.2) is 9.59 Å². The van der Waals surface area contributed by atoms with Gasteiger partial charge in [-0.15, -0.1) is 0 Å². The smallest absolute Gasteiger partial charge is 0.335 e. The van der Waals surface area contributed by atoms with Crippen molar-refractivity contribution in [1.29, 1.82) is 0 Å². The van der Waals surface area contributed by atoms with Gasteiger partial charge in [0, 0.05) is 23.3 Å². The van der Waals surface area contributed by atoms with Gasteiger partial charge in [-0.3, -0.25) is 9.59 Å². The van der Waals surface area contributed by atoms with E-state index >= 15 is 0 Å². The molecule has 0 bridgehead atoms. The largest absolute Gasteiger partial charge is 0.423 e. The number of hydrogen-bond acceptors (Lipinski definition) is 6. The van der Waals surface area contributed by atoms with Gasteiger partial charge in [0.15, 0.2) is 0 Å². The van der Waals surface area contributed by atoms with Crippen molar-refractivity contribution in [3.8, 4) is 11.5 Å². The molecule has 0 aromatic heterocycles. The number of ether oxygens (including phenoxy) is 2. The highest BCUT2D eigenvalue weighted by Crippen LogP contribution is 2.17. The maximum Gasteiger partial charge on any atom is 0.335 e. The summed E-state index contributed by atoms with van der Waals surface area (Å²) in [6.45, 7) is 6.56. The van der Waals surface area contributed by atoms with Crippen LogP contribution in [0.5, 0.6) is 11.5 Å². The zero-order valence-electron chi connectivity index (χ0n) is 13.6. The highest BCUT2D eigenvalue weighted by Gasteiger charge is 2.18. The second-order valence-corrected chi connectivity index (χ2v) is 4.96. The fourth-order valence-electron chi connectivity index (χ4n) is 1.93. The number of esters is 2. The van der Waals surface area contributed by atoms with Gasteiger partial charge in [-0.2, -0.15) is 0 Å². The van der Waals surface area contributed by atoms with Crippen molar-refractivity contribution in [2.24, 2.45) is 0 Å². The summed E-state index contributed by atoms with van der Waals surface area (Å²) in [4.78, 5) is 46.8. The summed E-state index contributed by atoms with van der Waals surface area (Å²) >= 11 is 0. The summed E-state index contributed by atoms with van der Waals surface area (Å²) in [5, 5.41) is 0. The summed E-state index contributed by atoms with van der Waals surface area (Å²) < 4.78 is 9.79. The van der Waals surface area contributed by atoms with Gasteiger partial charge in [0.2, 0.25) is 11.6 Å². The first-order valence-corrected chi connectivity index (χ1v) is 7.42. The molecule has 2 rings (SSSR count). The first kappa shape index (κ1) is 18.5. The van der Waals surface area contributed by atoms with Crippen molar-refractivity contribution in [2.45, 2.75) is 0 Å². The van der Waals surface area contributed by atoms with Gasteiger partial charge in [0.25, 0.3) is 0 Å². The van der Waals surface area contributed by atoms with Crippen LogP contribution in [-0.2, 0) is 9.59 Å². The van der Waals surface area contributed by atoms with Gasteiger partial charge in [-0.1, -0.05) is 13.2 Å². The molecule has 0 saturated carbocycles. The van der Waals surface area contributed by atoms with E-state index in [9.17, 15) is 19.2 Å². The highest BCUT2D eigenvalue weighted by molar-refractivity contribution is 6.49. The fraction of sp³-hybridized carbons (Fsp3) is 0. The Balaban J connectivity index is 2.10. The molecule has 0 heterocycles. The van der Waals surface area contributed by atoms with Crippen molar-refractivity contribution < 1.29 is 28.7 Å². The van der Waals surface area contributed by atoms with E-state index in [4.69, 9.17) is 9.47 Å². The van der Waals surface area contributed by atoms with Crippen molar-refractivity contribution in [2.75, 3.05) is 0 Å². The van der Waals surface area contributed by atoms with Crippen molar-refractivity contribution >= 4 is 23.5 Å². The Morgan fingerprint density at radius 1 is 0.615 bits per heavy atom. The van der Waals surface area contributed by atoms with Crippen LogP contribution in [0.4, 0.5) is 0 Å². The van der Waals surface area contributed by atoms with Crippen molar-refractivity contribution in [1.82, 2.24) is 0 Å². The third-order valence-corrected chi connectivity index (χ3v) is 3.21. The van der Waals surface area contributed by atoms with Crippen LogP contribution in [0.15, 0.2) is 73.8 Å². The third kappa shape index (κ3) is 4.61. The molecule has 2 aromatic rings. The molecule has 0 aliphatic heterocycles. The van der Waals surface area contributed by atoms with Crippen LogP contribution in [0.1, 0.15) is 20.7 Å². The molecule has 130 valence electrons. The molecule has 2 aromatic carbocycles. The molecule has 0 atom stereocenters. The first-order valence-electron chi connectivity index (χ1n) is 7.42. The third-order valence-electron chi connectivity index (χ3n) is 3.21. The van der Waals surface area contributed by atoms with Crippen LogP contribution in [0.25, 0.3) is 0 Å².